The van der Waals surface area contributed by atoms with Crippen molar-refractivity contribution in [3.63, 3.8) is 0 Å². The van der Waals surface area contributed by atoms with Crippen LogP contribution < -0.4 is 11.0 Å². The van der Waals surface area contributed by atoms with E-state index in [0.29, 0.717) is 17.8 Å². The average molecular weight is 301 g/mol. The molecule has 0 bridgehead atoms. The van der Waals surface area contributed by atoms with Crippen molar-refractivity contribution in [2.75, 3.05) is 7.05 Å². The number of hydrogen-bond acceptors (Lipinski definition) is 4. The van der Waals surface area contributed by atoms with Gasteiger partial charge in [0.2, 0.25) is 0 Å². The second-order valence-corrected chi connectivity index (χ2v) is 4.64. The fourth-order valence-electron chi connectivity index (χ4n) is 2.12. The number of aromatic amines is 1. The maximum atomic E-state index is 12.9. The number of carbonyl (C=O) groups excluding carboxylic acids is 1. The molecule has 7 nitrogen and oxygen atoms in total. The predicted octanol–water partition coefficient (Wildman–Crippen LogP) is 1.04. The summed E-state index contributed by atoms with van der Waals surface area (Å²) in [6.45, 7) is 0. The Morgan fingerprint density at radius 1 is 1.36 bits per heavy atom. The highest BCUT2D eigenvalue weighted by Crippen LogP contribution is 2.10. The number of aromatic nitrogens is 4. The van der Waals surface area contributed by atoms with Gasteiger partial charge in [-0.1, -0.05) is 12.1 Å². The van der Waals surface area contributed by atoms with Crippen LogP contribution in [0.4, 0.5) is 9.18 Å². The van der Waals surface area contributed by atoms with Crippen LogP contribution in [0.5, 0.6) is 0 Å². The smallest absolute Gasteiger partial charge is 0.336 e. The van der Waals surface area contributed by atoms with Gasteiger partial charge in [0.25, 0.3) is 0 Å². The Hall–Kier alpha value is -3.03. The van der Waals surface area contributed by atoms with Gasteiger partial charge in [0.05, 0.1) is 6.20 Å². The van der Waals surface area contributed by atoms with E-state index in [9.17, 15) is 14.0 Å². The summed E-state index contributed by atoms with van der Waals surface area (Å²) in [6, 6.07) is 5.43. The van der Waals surface area contributed by atoms with E-state index in [1.165, 1.54) is 25.4 Å². The van der Waals surface area contributed by atoms with Crippen molar-refractivity contribution >= 4 is 17.2 Å². The number of rotatable bonds is 2. The van der Waals surface area contributed by atoms with Crippen LogP contribution >= 0.6 is 0 Å². The number of benzene rings is 1. The molecule has 0 aliphatic rings. The molecule has 3 rings (SSSR count). The standard InChI is InChI=1S/C14H12FN5O2/c1-16-13(21)20-10-7-17-11(18-12(10)19-14(20)22)6-8-2-4-9(15)5-3-8/h2-5,7H,6H2,1H3,(H,16,21)(H,17,18,19,22). The Balaban J connectivity index is 1.98. The van der Waals surface area contributed by atoms with Crippen molar-refractivity contribution in [3.8, 4) is 0 Å². The lowest BCUT2D eigenvalue weighted by atomic mass is 10.1. The molecule has 2 aromatic heterocycles. The molecule has 112 valence electrons. The van der Waals surface area contributed by atoms with Crippen molar-refractivity contribution in [1.82, 2.24) is 24.8 Å². The van der Waals surface area contributed by atoms with Crippen molar-refractivity contribution in [2.45, 2.75) is 6.42 Å². The van der Waals surface area contributed by atoms with Gasteiger partial charge >= 0.3 is 11.7 Å². The SMILES string of the molecule is CNC(=O)n1c(=O)[nH]c2nc(Cc3ccc(F)cc3)ncc21. The molecule has 0 aliphatic carbocycles. The van der Waals surface area contributed by atoms with Gasteiger partial charge in [0.1, 0.15) is 17.2 Å². The van der Waals surface area contributed by atoms with Crippen LogP contribution in [-0.2, 0) is 6.42 Å². The van der Waals surface area contributed by atoms with E-state index in [1.54, 1.807) is 12.1 Å². The number of amides is 1. The van der Waals surface area contributed by atoms with Gasteiger partial charge in [0, 0.05) is 13.5 Å². The van der Waals surface area contributed by atoms with E-state index in [2.05, 4.69) is 20.3 Å². The first-order chi connectivity index (χ1) is 10.6. The number of fused-ring (bicyclic) bond motifs is 1. The van der Waals surface area contributed by atoms with Crippen molar-refractivity contribution < 1.29 is 9.18 Å². The zero-order chi connectivity index (χ0) is 15.7. The summed E-state index contributed by atoms with van der Waals surface area (Å²) >= 11 is 0. The zero-order valence-corrected chi connectivity index (χ0v) is 11.6. The molecule has 1 aromatic carbocycles. The lowest BCUT2D eigenvalue weighted by Crippen LogP contribution is -2.32. The second kappa shape index (κ2) is 5.40. The van der Waals surface area contributed by atoms with Gasteiger partial charge in [-0.15, -0.1) is 0 Å². The number of nitrogens with one attached hydrogen (secondary N) is 2. The highest BCUT2D eigenvalue weighted by atomic mass is 19.1. The third-order valence-electron chi connectivity index (χ3n) is 3.18. The fraction of sp³-hybridized carbons (Fsp3) is 0.143. The molecule has 8 heteroatoms. The Morgan fingerprint density at radius 2 is 2.09 bits per heavy atom. The Kier molecular flexibility index (Phi) is 3.42. The van der Waals surface area contributed by atoms with E-state index in [-0.39, 0.29) is 11.5 Å². The Labute approximate surface area is 123 Å². The Bertz CT molecular complexity index is 898. The van der Waals surface area contributed by atoms with Crippen LogP contribution in [-0.4, -0.2) is 32.6 Å². The van der Waals surface area contributed by atoms with Crippen LogP contribution in [0.25, 0.3) is 11.2 Å². The summed E-state index contributed by atoms with van der Waals surface area (Å²) in [4.78, 5) is 34.3. The van der Waals surface area contributed by atoms with E-state index in [0.717, 1.165) is 10.1 Å². The summed E-state index contributed by atoms with van der Waals surface area (Å²) in [6.07, 6.45) is 1.80. The summed E-state index contributed by atoms with van der Waals surface area (Å²) in [5.41, 5.74) is 0.837. The van der Waals surface area contributed by atoms with Gasteiger partial charge < -0.3 is 5.32 Å². The summed E-state index contributed by atoms with van der Waals surface area (Å²) in [5, 5.41) is 2.37. The molecule has 3 aromatic rings. The highest BCUT2D eigenvalue weighted by Gasteiger charge is 2.14. The summed E-state index contributed by atoms with van der Waals surface area (Å²) in [7, 11) is 1.43. The molecule has 0 fully saturated rings. The average Bonchev–Trinajstić information content (AvgIpc) is 2.84. The lowest BCUT2D eigenvalue weighted by molar-refractivity contribution is 0.244. The van der Waals surface area contributed by atoms with Crippen LogP contribution in [0.3, 0.4) is 0 Å². The molecule has 0 spiro atoms. The van der Waals surface area contributed by atoms with E-state index < -0.39 is 11.7 Å². The van der Waals surface area contributed by atoms with Crippen LogP contribution in [0, 0.1) is 5.82 Å². The molecule has 2 heterocycles. The number of H-pyrrole nitrogens is 1. The third-order valence-corrected chi connectivity index (χ3v) is 3.18. The van der Waals surface area contributed by atoms with Gasteiger partial charge in [-0.25, -0.2) is 28.5 Å². The Morgan fingerprint density at radius 3 is 2.77 bits per heavy atom. The topological polar surface area (TPSA) is 92.7 Å². The minimum atomic E-state index is -0.581. The first-order valence-corrected chi connectivity index (χ1v) is 6.51. The van der Waals surface area contributed by atoms with Gasteiger partial charge in [-0.05, 0) is 17.7 Å². The molecule has 2 N–H and O–H groups in total. The number of nitrogens with zero attached hydrogens (tertiary/aromatic N) is 3. The molecule has 0 unspecified atom stereocenters. The normalized spacial score (nSPS) is 10.8. The van der Waals surface area contributed by atoms with Crippen molar-refractivity contribution in [2.24, 2.45) is 0 Å². The predicted molar refractivity (Wildman–Crippen MR) is 77.2 cm³/mol. The quantitative estimate of drug-likeness (QED) is 0.739. The molecule has 0 saturated heterocycles. The highest BCUT2D eigenvalue weighted by molar-refractivity contribution is 5.86. The first-order valence-electron chi connectivity index (χ1n) is 6.51. The number of imidazole rings is 1. The molecule has 0 radical (unpaired) electrons. The largest absolute Gasteiger partial charge is 0.340 e. The van der Waals surface area contributed by atoms with Gasteiger partial charge in [0.15, 0.2) is 5.65 Å². The van der Waals surface area contributed by atoms with E-state index >= 15 is 0 Å². The summed E-state index contributed by atoms with van der Waals surface area (Å²) < 4.78 is 13.8. The minimum Gasteiger partial charge on any atom is -0.340 e. The molecule has 22 heavy (non-hydrogen) atoms. The number of hydrogen-bond donors (Lipinski definition) is 2. The molecular formula is C14H12FN5O2. The van der Waals surface area contributed by atoms with Crippen molar-refractivity contribution in [1.29, 1.82) is 0 Å². The van der Waals surface area contributed by atoms with Gasteiger partial charge in [-0.3, -0.25) is 4.98 Å². The molecule has 0 atom stereocenters. The number of carbonyl (C=O) groups is 1. The summed E-state index contributed by atoms with van der Waals surface area (Å²) in [5.74, 6) is 0.150. The monoisotopic (exact) mass is 301 g/mol. The van der Waals surface area contributed by atoms with Gasteiger partial charge in [-0.2, -0.15) is 0 Å². The molecule has 0 aliphatic heterocycles. The fourth-order valence-corrected chi connectivity index (χ4v) is 2.12. The molecule has 1 amide bonds. The van der Waals surface area contributed by atoms with E-state index in [1.807, 2.05) is 0 Å². The maximum Gasteiger partial charge on any atom is 0.336 e. The molecule has 0 saturated carbocycles. The lowest BCUT2D eigenvalue weighted by Gasteiger charge is -2.02. The van der Waals surface area contributed by atoms with Crippen LogP contribution in [0.15, 0.2) is 35.3 Å². The second-order valence-electron chi connectivity index (χ2n) is 4.64. The third kappa shape index (κ3) is 2.46. The van der Waals surface area contributed by atoms with E-state index in [4.69, 9.17) is 0 Å². The first kappa shape index (κ1) is 13.9. The molecular weight excluding hydrogens is 289 g/mol. The number of halogens is 1. The van der Waals surface area contributed by atoms with Crippen LogP contribution in [0.1, 0.15) is 11.4 Å². The van der Waals surface area contributed by atoms with Crippen molar-refractivity contribution in [3.05, 3.63) is 58.2 Å². The van der Waals surface area contributed by atoms with Crippen LogP contribution in [0.2, 0.25) is 0 Å². The minimum absolute atomic E-state index is 0.278. The maximum absolute atomic E-state index is 12.9. The zero-order valence-electron chi connectivity index (χ0n) is 11.6.